The Bertz CT molecular complexity index is 1540. The van der Waals surface area contributed by atoms with Gasteiger partial charge in [-0.25, -0.2) is 0 Å². The summed E-state index contributed by atoms with van der Waals surface area (Å²) in [6.45, 7) is 15.1. The second-order valence-electron chi connectivity index (χ2n) is 17.2. The molecule has 2 heterocycles. The van der Waals surface area contributed by atoms with Crippen molar-refractivity contribution in [2.75, 3.05) is 34.3 Å². The smallest absolute Gasteiger partial charge is 0.311 e. The van der Waals surface area contributed by atoms with Crippen LogP contribution in [0.25, 0.3) is 10.8 Å². The summed E-state index contributed by atoms with van der Waals surface area (Å²) in [6, 6.07) is 13.8. The molecule has 14 atom stereocenters. The van der Waals surface area contributed by atoms with E-state index in [2.05, 4.69) is 24.3 Å². The predicted molar refractivity (Wildman–Crippen MR) is 215 cm³/mol. The number of likely N-dealkylation sites (N-methyl/N-ethyl adjacent to an activating group) is 2. The highest BCUT2D eigenvalue weighted by atomic mass is 16.7. The number of fused-ring (bicyclic) bond motifs is 1. The molecule has 2 saturated heterocycles. The monoisotopic (exact) mass is 771 g/mol. The van der Waals surface area contributed by atoms with Gasteiger partial charge in [0.25, 0.3) is 0 Å². The average Bonchev–Trinajstić information content (AvgIpc) is 3.13. The van der Waals surface area contributed by atoms with E-state index in [-0.39, 0.29) is 37.5 Å². The summed E-state index contributed by atoms with van der Waals surface area (Å²) in [5, 5.41) is 49.6. The molecule has 0 amide bonds. The molecule has 0 bridgehead atoms. The van der Waals surface area contributed by atoms with Crippen LogP contribution in [0.3, 0.4) is 0 Å². The standard InChI is InChI=1S/C44H70N2O9/c1-12-36-44(8,51)39(48)31(6)46(11)26-27(2)25-43(7,50)40(55-42-37(47)35(45(9)10)24-28(3)53-42)29(4)38(30(5)41(49)54-36)52-23-16-15-19-33-21-17-20-32-18-13-14-22-34(32)33/h13-18,20-22,27-31,35-40,42,47-48,50-51H,12,19,23-26H2,1-11H3/b16-15+/t27-,28-,29+,30-,31-,35+,36-,37-,38+,39-,40-,42+,43-,44-/m1/s1. The molecule has 11 nitrogen and oxygen atoms in total. The molecular weight excluding hydrogens is 700 g/mol. The van der Waals surface area contributed by atoms with Gasteiger partial charge >= 0.3 is 5.97 Å². The van der Waals surface area contributed by atoms with Crippen LogP contribution in [-0.2, 0) is 30.2 Å². The zero-order valence-electron chi connectivity index (χ0n) is 35.1. The molecule has 2 aliphatic rings. The van der Waals surface area contributed by atoms with Gasteiger partial charge in [-0.3, -0.25) is 4.79 Å². The molecule has 2 aliphatic heterocycles. The van der Waals surface area contributed by atoms with Gasteiger partial charge in [-0.2, -0.15) is 0 Å². The molecule has 0 radical (unpaired) electrons. The fourth-order valence-corrected chi connectivity index (χ4v) is 8.94. The first-order valence-corrected chi connectivity index (χ1v) is 20.2. The summed E-state index contributed by atoms with van der Waals surface area (Å²) in [7, 11) is 5.69. The van der Waals surface area contributed by atoms with Crippen molar-refractivity contribution in [3.8, 4) is 0 Å². The normalized spacial score (nSPS) is 39.2. The molecule has 310 valence electrons. The highest BCUT2D eigenvalue weighted by molar-refractivity contribution is 5.85. The van der Waals surface area contributed by atoms with Crippen molar-refractivity contribution in [1.82, 2.24) is 9.80 Å². The lowest BCUT2D eigenvalue weighted by Crippen LogP contribution is -2.59. The van der Waals surface area contributed by atoms with E-state index in [1.54, 1.807) is 13.8 Å². The maximum absolute atomic E-state index is 14.1. The molecule has 2 fully saturated rings. The summed E-state index contributed by atoms with van der Waals surface area (Å²) < 4.78 is 25.6. The van der Waals surface area contributed by atoms with Crippen LogP contribution >= 0.6 is 0 Å². The van der Waals surface area contributed by atoms with Gasteiger partial charge in [0.15, 0.2) is 6.29 Å². The zero-order valence-corrected chi connectivity index (χ0v) is 35.1. The number of ether oxygens (including phenoxy) is 4. The van der Waals surface area contributed by atoms with E-state index in [1.165, 1.54) is 23.3 Å². The first kappa shape index (κ1) is 45.3. The predicted octanol–water partition coefficient (Wildman–Crippen LogP) is 4.95. The lowest BCUT2D eigenvalue weighted by atomic mass is 9.77. The van der Waals surface area contributed by atoms with Gasteiger partial charge in [0, 0.05) is 24.5 Å². The minimum Gasteiger partial charge on any atom is -0.459 e. The Hall–Kier alpha value is -2.45. The molecule has 4 N–H and O–H groups in total. The van der Waals surface area contributed by atoms with Crippen LogP contribution in [0.15, 0.2) is 54.6 Å². The van der Waals surface area contributed by atoms with Crippen LogP contribution in [0.1, 0.15) is 80.2 Å². The fraction of sp³-hybridized carbons (Fsp3) is 0.705. The van der Waals surface area contributed by atoms with Crippen LogP contribution in [0.5, 0.6) is 0 Å². The van der Waals surface area contributed by atoms with Gasteiger partial charge in [-0.15, -0.1) is 0 Å². The molecule has 11 heteroatoms. The lowest BCUT2D eigenvalue weighted by Gasteiger charge is -2.47. The largest absolute Gasteiger partial charge is 0.459 e. The number of rotatable bonds is 9. The van der Waals surface area contributed by atoms with Gasteiger partial charge in [-0.1, -0.05) is 75.4 Å². The summed E-state index contributed by atoms with van der Waals surface area (Å²) in [6.07, 6.45) is -0.445. The number of esters is 1. The average molecular weight is 771 g/mol. The van der Waals surface area contributed by atoms with Gasteiger partial charge in [-0.05, 0) is 104 Å². The maximum atomic E-state index is 14.1. The molecule has 0 spiro atoms. The summed E-state index contributed by atoms with van der Waals surface area (Å²) in [5.41, 5.74) is -2.05. The highest BCUT2D eigenvalue weighted by Gasteiger charge is 2.50. The number of aliphatic hydroxyl groups excluding tert-OH is 2. The zero-order chi connectivity index (χ0) is 40.8. The molecule has 0 aliphatic carbocycles. The number of carbonyl (C=O) groups excluding carboxylic acids is 1. The fourth-order valence-electron chi connectivity index (χ4n) is 8.94. The number of allylic oxidation sites excluding steroid dienone is 1. The Kier molecular flexibility index (Phi) is 15.9. The Morgan fingerprint density at radius 3 is 2.35 bits per heavy atom. The number of aliphatic hydroxyl groups is 4. The molecule has 55 heavy (non-hydrogen) atoms. The number of nitrogens with zero attached hydrogens (tertiary/aromatic N) is 2. The van der Waals surface area contributed by atoms with Crippen LogP contribution in [0.2, 0.25) is 0 Å². The highest BCUT2D eigenvalue weighted by Crippen LogP contribution is 2.37. The molecule has 2 aromatic carbocycles. The summed E-state index contributed by atoms with van der Waals surface area (Å²) >= 11 is 0. The van der Waals surface area contributed by atoms with E-state index in [0.29, 0.717) is 19.4 Å². The Morgan fingerprint density at radius 1 is 1.00 bits per heavy atom. The minimum atomic E-state index is -1.75. The number of cyclic esters (lactones) is 1. The van der Waals surface area contributed by atoms with Crippen LogP contribution < -0.4 is 0 Å². The third-order valence-electron chi connectivity index (χ3n) is 12.2. The summed E-state index contributed by atoms with van der Waals surface area (Å²) in [5.74, 6) is -2.19. The van der Waals surface area contributed by atoms with Crippen LogP contribution in [-0.4, -0.2) is 137 Å². The molecule has 4 rings (SSSR count). The molecule has 0 aromatic heterocycles. The van der Waals surface area contributed by atoms with E-state index >= 15 is 0 Å². The first-order valence-electron chi connectivity index (χ1n) is 20.2. The minimum absolute atomic E-state index is 0.0951. The molecular formula is C44H70N2O9. The quantitative estimate of drug-likeness (QED) is 0.203. The Balaban J connectivity index is 1.72. The molecule has 0 saturated carbocycles. The lowest BCUT2D eigenvalue weighted by molar-refractivity contribution is -0.300. The van der Waals surface area contributed by atoms with Crippen LogP contribution in [0, 0.1) is 17.8 Å². The maximum Gasteiger partial charge on any atom is 0.311 e. The Labute approximate surface area is 329 Å². The van der Waals surface area contributed by atoms with Crippen molar-refractivity contribution in [3.63, 3.8) is 0 Å². The summed E-state index contributed by atoms with van der Waals surface area (Å²) in [4.78, 5) is 18.0. The molecule has 2 aromatic rings. The molecule has 0 unspecified atom stereocenters. The number of carbonyl (C=O) groups is 1. The van der Waals surface area contributed by atoms with Crippen LogP contribution in [0.4, 0.5) is 0 Å². The third kappa shape index (κ3) is 10.9. The topological polar surface area (TPSA) is 141 Å². The van der Waals surface area contributed by atoms with Gasteiger partial charge < -0.3 is 49.2 Å². The van der Waals surface area contributed by atoms with E-state index in [1.807, 2.05) is 95.9 Å². The second kappa shape index (κ2) is 19.3. The van der Waals surface area contributed by atoms with E-state index in [0.717, 1.165) is 0 Å². The van der Waals surface area contributed by atoms with Gasteiger partial charge in [0.1, 0.15) is 23.9 Å². The number of hydrogen-bond donors (Lipinski definition) is 4. The first-order chi connectivity index (χ1) is 25.8. The second-order valence-corrected chi connectivity index (χ2v) is 17.2. The van der Waals surface area contributed by atoms with Crippen molar-refractivity contribution in [2.24, 2.45) is 17.8 Å². The van der Waals surface area contributed by atoms with Gasteiger partial charge in [0.2, 0.25) is 0 Å². The van der Waals surface area contributed by atoms with E-state index in [4.69, 9.17) is 18.9 Å². The SMILES string of the molecule is CC[C@H]1OC(=O)[C@H](C)[C@@H](OC/C=C/Cc2cccc3ccccc23)[C@H](C)[C@@H](O[C@@H]2O[C@H](C)C[C@H](N(C)C)[C@H]2O)[C@](C)(O)C[C@@H](C)CN(C)[C@H](C)[C@@H](O)[C@]1(C)O. The van der Waals surface area contributed by atoms with Crippen molar-refractivity contribution in [3.05, 3.63) is 60.2 Å². The van der Waals surface area contributed by atoms with E-state index in [9.17, 15) is 25.2 Å². The van der Waals surface area contributed by atoms with Crippen molar-refractivity contribution in [1.29, 1.82) is 0 Å². The van der Waals surface area contributed by atoms with Gasteiger partial charge in [0.05, 0.1) is 36.4 Å². The van der Waals surface area contributed by atoms with E-state index < -0.39 is 71.9 Å². The van der Waals surface area contributed by atoms with Crippen molar-refractivity contribution < 1.29 is 44.2 Å². The Morgan fingerprint density at radius 2 is 1.67 bits per heavy atom. The number of benzene rings is 2. The third-order valence-corrected chi connectivity index (χ3v) is 12.2. The van der Waals surface area contributed by atoms with Crippen molar-refractivity contribution in [2.45, 2.75) is 147 Å². The number of hydrogen-bond acceptors (Lipinski definition) is 11. The van der Waals surface area contributed by atoms with Crippen molar-refractivity contribution >= 4 is 16.7 Å².